The molecule has 0 unspecified atom stereocenters. The largest absolute Gasteiger partial charge is 0.446 e. The van der Waals surface area contributed by atoms with Crippen LogP contribution in [0.25, 0.3) is 11.0 Å². The van der Waals surface area contributed by atoms with Crippen molar-refractivity contribution in [1.29, 1.82) is 5.26 Å². The summed E-state index contributed by atoms with van der Waals surface area (Å²) in [6.45, 7) is 1.49. The van der Waals surface area contributed by atoms with Crippen LogP contribution in [0.1, 0.15) is 23.0 Å². The third kappa shape index (κ3) is 1.17. The third-order valence-electron chi connectivity index (χ3n) is 2.05. The number of carbonyl (C=O) groups excluding carboxylic acids is 1. The van der Waals surface area contributed by atoms with Gasteiger partial charge in [-0.3, -0.25) is 4.79 Å². The molecule has 0 bridgehead atoms. The summed E-state index contributed by atoms with van der Waals surface area (Å²) in [5.41, 5.74) is 1.17. The first-order chi connectivity index (χ1) is 6.72. The normalized spacial score (nSPS) is 10.0. The van der Waals surface area contributed by atoms with Crippen molar-refractivity contribution in [3.63, 3.8) is 0 Å². The van der Waals surface area contributed by atoms with E-state index < -0.39 is 0 Å². The number of ketones is 1. The van der Waals surface area contributed by atoms with Gasteiger partial charge >= 0.3 is 0 Å². The zero-order valence-corrected chi connectivity index (χ0v) is 7.57. The minimum absolute atomic E-state index is 0.0270. The van der Waals surface area contributed by atoms with Gasteiger partial charge in [-0.15, -0.1) is 0 Å². The highest BCUT2D eigenvalue weighted by Gasteiger charge is 2.09. The second kappa shape index (κ2) is 3.00. The number of hydrogen-bond donors (Lipinski definition) is 0. The Morgan fingerprint density at radius 2 is 2.29 bits per heavy atom. The van der Waals surface area contributed by atoms with Crippen molar-refractivity contribution in [2.75, 3.05) is 0 Å². The minimum atomic E-state index is -0.0270. The van der Waals surface area contributed by atoms with Crippen molar-refractivity contribution in [2.24, 2.45) is 0 Å². The molecule has 0 aliphatic heterocycles. The molecule has 0 saturated heterocycles. The maximum Gasteiger partial charge on any atom is 0.204 e. The van der Waals surface area contributed by atoms with Gasteiger partial charge in [0.25, 0.3) is 0 Å². The molecule has 68 valence electrons. The number of fused-ring (bicyclic) bond motifs is 1. The van der Waals surface area contributed by atoms with Gasteiger partial charge in [0, 0.05) is 17.0 Å². The van der Waals surface area contributed by atoms with E-state index in [1.54, 1.807) is 24.3 Å². The molecule has 0 radical (unpaired) electrons. The van der Waals surface area contributed by atoms with E-state index in [1.165, 1.54) is 6.92 Å². The molecule has 1 heterocycles. The second-order valence-electron chi connectivity index (χ2n) is 3.00. The molecular weight excluding hydrogens is 178 g/mol. The van der Waals surface area contributed by atoms with E-state index in [-0.39, 0.29) is 11.5 Å². The first-order valence-corrected chi connectivity index (χ1v) is 4.16. The molecule has 0 N–H and O–H groups in total. The standard InChI is InChI=1S/C11H7NO2/c1-7(13)9-3-2-4-11-10(9)5-8(6-12)14-11/h2-5H,1H3. The molecule has 14 heavy (non-hydrogen) atoms. The van der Waals surface area contributed by atoms with E-state index in [0.717, 1.165) is 0 Å². The molecule has 0 saturated carbocycles. The van der Waals surface area contributed by atoms with Crippen LogP contribution in [0.2, 0.25) is 0 Å². The number of rotatable bonds is 1. The zero-order valence-electron chi connectivity index (χ0n) is 7.57. The Kier molecular flexibility index (Phi) is 1.83. The lowest BCUT2D eigenvalue weighted by molar-refractivity contribution is 0.101. The summed E-state index contributed by atoms with van der Waals surface area (Å²) < 4.78 is 5.19. The Morgan fingerprint density at radius 1 is 1.50 bits per heavy atom. The van der Waals surface area contributed by atoms with Crippen LogP contribution >= 0.6 is 0 Å². The Balaban J connectivity index is 2.81. The molecule has 3 heteroatoms. The van der Waals surface area contributed by atoms with Gasteiger partial charge in [0.15, 0.2) is 5.78 Å². The summed E-state index contributed by atoms with van der Waals surface area (Å²) in [5.74, 6) is 0.203. The number of benzene rings is 1. The summed E-state index contributed by atoms with van der Waals surface area (Å²) in [4.78, 5) is 11.2. The SMILES string of the molecule is CC(=O)c1cccc2oc(C#N)cc12. The fourth-order valence-corrected chi connectivity index (χ4v) is 1.42. The van der Waals surface area contributed by atoms with Crippen LogP contribution < -0.4 is 0 Å². The molecule has 2 aromatic rings. The van der Waals surface area contributed by atoms with Gasteiger partial charge in [0.2, 0.25) is 5.76 Å². The van der Waals surface area contributed by atoms with E-state index in [2.05, 4.69) is 0 Å². The Labute approximate surface area is 80.6 Å². The van der Waals surface area contributed by atoms with Crippen LogP contribution in [0.5, 0.6) is 0 Å². The van der Waals surface area contributed by atoms with E-state index in [9.17, 15) is 4.79 Å². The average molecular weight is 185 g/mol. The molecule has 0 fully saturated rings. The van der Waals surface area contributed by atoms with Gasteiger partial charge < -0.3 is 4.42 Å². The lowest BCUT2D eigenvalue weighted by atomic mass is 10.1. The predicted octanol–water partition coefficient (Wildman–Crippen LogP) is 2.51. The van der Waals surface area contributed by atoms with E-state index in [1.807, 2.05) is 6.07 Å². The second-order valence-corrected chi connectivity index (χ2v) is 3.00. The van der Waals surface area contributed by atoms with Gasteiger partial charge in [-0.05, 0) is 13.0 Å². The summed E-state index contributed by atoms with van der Waals surface area (Å²) in [7, 11) is 0. The zero-order chi connectivity index (χ0) is 10.1. The number of Topliss-reactive ketones (excluding diaryl/α,β-unsaturated/α-hetero) is 1. The highest BCUT2D eigenvalue weighted by molar-refractivity contribution is 6.06. The summed E-state index contributed by atoms with van der Waals surface area (Å²) in [6.07, 6.45) is 0. The van der Waals surface area contributed by atoms with Crippen molar-refractivity contribution < 1.29 is 9.21 Å². The Bertz CT molecular complexity index is 546. The van der Waals surface area contributed by atoms with Crippen molar-refractivity contribution in [3.8, 4) is 6.07 Å². The van der Waals surface area contributed by atoms with Crippen LogP contribution in [0.4, 0.5) is 0 Å². The van der Waals surface area contributed by atoms with Crippen molar-refractivity contribution in [1.82, 2.24) is 0 Å². The molecule has 0 spiro atoms. The average Bonchev–Trinajstić information content (AvgIpc) is 2.59. The summed E-state index contributed by atoms with van der Waals surface area (Å²) in [5, 5.41) is 9.34. The molecule has 3 nitrogen and oxygen atoms in total. The third-order valence-corrected chi connectivity index (χ3v) is 2.05. The fraction of sp³-hybridized carbons (Fsp3) is 0.0909. The molecule has 1 aromatic heterocycles. The topological polar surface area (TPSA) is 54.0 Å². The minimum Gasteiger partial charge on any atom is -0.446 e. The van der Waals surface area contributed by atoms with Crippen LogP contribution in [-0.4, -0.2) is 5.78 Å². The monoisotopic (exact) mass is 185 g/mol. The number of nitrogens with zero attached hydrogens (tertiary/aromatic N) is 1. The molecule has 2 rings (SSSR count). The molecule has 1 aromatic carbocycles. The summed E-state index contributed by atoms with van der Waals surface area (Å²) >= 11 is 0. The van der Waals surface area contributed by atoms with Crippen LogP contribution in [0, 0.1) is 11.3 Å². The predicted molar refractivity (Wildman–Crippen MR) is 50.9 cm³/mol. The molecule has 0 atom stereocenters. The van der Waals surface area contributed by atoms with Crippen LogP contribution in [0.15, 0.2) is 28.7 Å². The Hall–Kier alpha value is -2.08. The molecule has 0 aliphatic carbocycles. The molecule has 0 aliphatic rings. The van der Waals surface area contributed by atoms with Crippen LogP contribution in [0.3, 0.4) is 0 Å². The fourth-order valence-electron chi connectivity index (χ4n) is 1.42. The lowest BCUT2D eigenvalue weighted by Crippen LogP contribution is -1.90. The maximum atomic E-state index is 11.2. The molecule has 0 amide bonds. The first-order valence-electron chi connectivity index (χ1n) is 4.16. The first kappa shape index (κ1) is 8.52. The Morgan fingerprint density at radius 3 is 2.93 bits per heavy atom. The van der Waals surface area contributed by atoms with Gasteiger partial charge in [-0.2, -0.15) is 5.26 Å². The highest BCUT2D eigenvalue weighted by atomic mass is 16.3. The van der Waals surface area contributed by atoms with Crippen molar-refractivity contribution >= 4 is 16.8 Å². The van der Waals surface area contributed by atoms with Crippen LogP contribution in [-0.2, 0) is 0 Å². The molecular formula is C11H7NO2. The maximum absolute atomic E-state index is 11.2. The van der Waals surface area contributed by atoms with Gasteiger partial charge in [-0.1, -0.05) is 12.1 Å². The smallest absolute Gasteiger partial charge is 0.204 e. The lowest BCUT2D eigenvalue weighted by Gasteiger charge is -1.94. The van der Waals surface area contributed by atoms with Gasteiger partial charge in [0.05, 0.1) is 0 Å². The van der Waals surface area contributed by atoms with E-state index in [4.69, 9.17) is 9.68 Å². The van der Waals surface area contributed by atoms with E-state index >= 15 is 0 Å². The summed E-state index contributed by atoms with van der Waals surface area (Å²) in [6, 6.07) is 8.70. The van der Waals surface area contributed by atoms with E-state index in [0.29, 0.717) is 16.5 Å². The van der Waals surface area contributed by atoms with Gasteiger partial charge in [0.1, 0.15) is 11.7 Å². The number of nitriles is 1. The number of carbonyl (C=O) groups is 1. The van der Waals surface area contributed by atoms with Crippen molar-refractivity contribution in [3.05, 3.63) is 35.6 Å². The quantitative estimate of drug-likeness (QED) is 0.641. The van der Waals surface area contributed by atoms with Crippen molar-refractivity contribution in [2.45, 2.75) is 6.92 Å². The van der Waals surface area contributed by atoms with Gasteiger partial charge in [-0.25, -0.2) is 0 Å². The number of furan rings is 1. The number of hydrogen-bond acceptors (Lipinski definition) is 3. The highest BCUT2D eigenvalue weighted by Crippen LogP contribution is 2.22.